The van der Waals surface area contributed by atoms with Gasteiger partial charge >= 0.3 is 0 Å². The second-order valence-electron chi connectivity index (χ2n) is 3.08. The molecule has 1 aliphatic rings. The van der Waals surface area contributed by atoms with E-state index in [0.29, 0.717) is 11.1 Å². The first-order chi connectivity index (χ1) is 6.77. The summed E-state index contributed by atoms with van der Waals surface area (Å²) in [7, 11) is 1.76. The van der Waals surface area contributed by atoms with Crippen LogP contribution >= 0.6 is 0 Å². The van der Waals surface area contributed by atoms with Gasteiger partial charge in [-0.2, -0.15) is 5.26 Å². The maximum atomic E-state index is 11.5. The van der Waals surface area contributed by atoms with Gasteiger partial charge in [0.15, 0.2) is 0 Å². The number of benzene rings is 1. The van der Waals surface area contributed by atoms with Gasteiger partial charge in [0.25, 0.3) is 5.91 Å². The predicted octanol–water partition coefficient (Wildman–Crippen LogP) is 0.520. The first kappa shape index (κ1) is 8.73. The third-order valence-corrected chi connectivity index (χ3v) is 2.32. The van der Waals surface area contributed by atoms with Gasteiger partial charge in [0.1, 0.15) is 6.17 Å². The number of hydrogen-bond donors (Lipinski definition) is 2. The molecule has 1 unspecified atom stereocenters. The first-order valence-electron chi connectivity index (χ1n) is 4.29. The molecule has 2 rings (SSSR count). The molecule has 1 amide bonds. The van der Waals surface area contributed by atoms with Crippen LogP contribution in [0.5, 0.6) is 0 Å². The van der Waals surface area contributed by atoms with Crippen molar-refractivity contribution in [2.45, 2.75) is 6.17 Å². The minimum atomic E-state index is -0.184. The Hall–Kier alpha value is -1.86. The molecule has 2 N–H and O–H groups in total. The van der Waals surface area contributed by atoms with Crippen molar-refractivity contribution in [1.82, 2.24) is 10.6 Å². The van der Waals surface area contributed by atoms with E-state index in [4.69, 9.17) is 5.26 Å². The van der Waals surface area contributed by atoms with Crippen molar-refractivity contribution in [1.29, 1.82) is 5.26 Å². The molecule has 0 bridgehead atoms. The van der Waals surface area contributed by atoms with Crippen LogP contribution in [0.25, 0.3) is 0 Å². The first-order valence-corrected chi connectivity index (χ1v) is 4.29. The molecule has 0 aliphatic carbocycles. The molecule has 70 valence electrons. The molecule has 0 saturated heterocycles. The highest BCUT2D eigenvalue weighted by Crippen LogP contribution is 2.25. The van der Waals surface area contributed by atoms with E-state index in [1.165, 1.54) is 0 Å². The van der Waals surface area contributed by atoms with Crippen LogP contribution in [-0.4, -0.2) is 13.0 Å². The van der Waals surface area contributed by atoms with Crippen molar-refractivity contribution >= 4 is 5.91 Å². The normalized spacial score (nSPS) is 18.6. The van der Waals surface area contributed by atoms with Gasteiger partial charge in [0.05, 0.1) is 17.2 Å². The van der Waals surface area contributed by atoms with E-state index >= 15 is 0 Å². The number of carbonyl (C=O) groups excluding carboxylic acids is 1. The third-order valence-electron chi connectivity index (χ3n) is 2.32. The summed E-state index contributed by atoms with van der Waals surface area (Å²) < 4.78 is 0. The highest BCUT2D eigenvalue weighted by Gasteiger charge is 2.29. The van der Waals surface area contributed by atoms with Crippen LogP contribution in [0, 0.1) is 11.3 Å². The molecular weight excluding hydrogens is 178 g/mol. The molecule has 0 spiro atoms. The Labute approximate surface area is 81.5 Å². The lowest BCUT2D eigenvalue weighted by atomic mass is 10.0. The fourth-order valence-corrected chi connectivity index (χ4v) is 1.67. The molecule has 4 nitrogen and oxygen atoms in total. The second kappa shape index (κ2) is 3.13. The highest BCUT2D eigenvalue weighted by atomic mass is 16.2. The zero-order valence-electron chi connectivity index (χ0n) is 7.66. The van der Waals surface area contributed by atoms with Crippen molar-refractivity contribution in [2.24, 2.45) is 0 Å². The molecule has 14 heavy (non-hydrogen) atoms. The number of nitrogens with zero attached hydrogens (tertiary/aromatic N) is 1. The smallest absolute Gasteiger partial charge is 0.254 e. The van der Waals surface area contributed by atoms with Gasteiger partial charge in [-0.05, 0) is 13.1 Å². The summed E-state index contributed by atoms with van der Waals surface area (Å²) in [4.78, 5) is 11.5. The molecule has 1 aliphatic heterocycles. The van der Waals surface area contributed by atoms with Crippen LogP contribution in [0.4, 0.5) is 0 Å². The van der Waals surface area contributed by atoms with Crippen molar-refractivity contribution in [3.63, 3.8) is 0 Å². The lowest BCUT2D eigenvalue weighted by molar-refractivity contribution is 0.0952. The Morgan fingerprint density at radius 1 is 1.57 bits per heavy atom. The maximum Gasteiger partial charge on any atom is 0.254 e. The van der Waals surface area contributed by atoms with E-state index in [9.17, 15) is 4.79 Å². The van der Waals surface area contributed by atoms with Gasteiger partial charge in [-0.1, -0.05) is 12.1 Å². The third kappa shape index (κ3) is 1.07. The minimum absolute atomic E-state index is 0.175. The van der Waals surface area contributed by atoms with E-state index in [0.717, 1.165) is 5.56 Å². The summed E-state index contributed by atoms with van der Waals surface area (Å²) in [6, 6.07) is 7.29. The summed E-state index contributed by atoms with van der Waals surface area (Å²) in [6.45, 7) is 0. The maximum absolute atomic E-state index is 11.5. The summed E-state index contributed by atoms with van der Waals surface area (Å²) in [5, 5.41) is 14.5. The number of fused-ring (bicyclic) bond motifs is 1. The van der Waals surface area contributed by atoms with Gasteiger partial charge < -0.3 is 5.32 Å². The number of hydrogen-bond acceptors (Lipinski definition) is 3. The lowest BCUT2D eigenvalue weighted by Crippen LogP contribution is -2.28. The van der Waals surface area contributed by atoms with Crippen LogP contribution in [0.1, 0.15) is 27.7 Å². The number of nitriles is 1. The Morgan fingerprint density at radius 3 is 3.00 bits per heavy atom. The quantitative estimate of drug-likeness (QED) is 0.673. The Kier molecular flexibility index (Phi) is 1.95. The number of nitrogens with one attached hydrogen (secondary N) is 2. The molecule has 0 aromatic heterocycles. The predicted molar refractivity (Wildman–Crippen MR) is 50.4 cm³/mol. The average molecular weight is 187 g/mol. The highest BCUT2D eigenvalue weighted by molar-refractivity contribution is 6.01. The van der Waals surface area contributed by atoms with Gasteiger partial charge in [0.2, 0.25) is 0 Å². The van der Waals surface area contributed by atoms with E-state index < -0.39 is 0 Å². The Bertz CT molecular complexity index is 433. The summed E-state index contributed by atoms with van der Waals surface area (Å²) in [5.41, 5.74) is 1.77. The molecule has 1 aromatic rings. The topological polar surface area (TPSA) is 64.9 Å². The zero-order valence-corrected chi connectivity index (χ0v) is 7.66. The van der Waals surface area contributed by atoms with Crippen LogP contribution in [0.2, 0.25) is 0 Å². The minimum Gasteiger partial charge on any atom is -0.333 e. The number of rotatable bonds is 1. The van der Waals surface area contributed by atoms with Crippen molar-refractivity contribution in [3.8, 4) is 6.07 Å². The Morgan fingerprint density at radius 2 is 2.36 bits per heavy atom. The Balaban J connectivity index is 2.62. The summed E-state index contributed by atoms with van der Waals surface area (Å²) in [6.07, 6.45) is -0.175. The van der Waals surface area contributed by atoms with Crippen molar-refractivity contribution in [3.05, 3.63) is 34.9 Å². The number of amides is 1. The SMILES string of the molecule is CNC1NC(=O)c2c(C#N)cccc21. The standard InChI is InChI=1S/C10H9N3O/c1-12-9-7-4-2-3-6(5-11)8(7)10(14)13-9/h2-4,9,12H,1H3,(H,13,14). The molecule has 1 heterocycles. The fraction of sp³-hybridized carbons (Fsp3) is 0.200. The molecular formula is C10H9N3O. The molecule has 4 heteroatoms. The monoisotopic (exact) mass is 187 g/mol. The average Bonchev–Trinajstić information content (AvgIpc) is 2.55. The van der Waals surface area contributed by atoms with Crippen LogP contribution in [0.3, 0.4) is 0 Å². The molecule has 0 fully saturated rings. The van der Waals surface area contributed by atoms with Gasteiger partial charge in [-0.3, -0.25) is 10.1 Å². The van der Waals surface area contributed by atoms with Crippen LogP contribution < -0.4 is 10.6 Å². The zero-order chi connectivity index (χ0) is 10.1. The van der Waals surface area contributed by atoms with E-state index in [2.05, 4.69) is 10.6 Å². The van der Waals surface area contributed by atoms with Gasteiger partial charge in [0, 0.05) is 5.56 Å². The molecule has 0 radical (unpaired) electrons. The lowest BCUT2D eigenvalue weighted by Gasteiger charge is -2.08. The van der Waals surface area contributed by atoms with Crippen LogP contribution in [-0.2, 0) is 0 Å². The van der Waals surface area contributed by atoms with Crippen molar-refractivity contribution in [2.75, 3.05) is 7.05 Å². The van der Waals surface area contributed by atoms with Crippen LogP contribution in [0.15, 0.2) is 18.2 Å². The summed E-state index contributed by atoms with van der Waals surface area (Å²) in [5.74, 6) is -0.184. The fourth-order valence-electron chi connectivity index (χ4n) is 1.67. The molecule has 1 aromatic carbocycles. The largest absolute Gasteiger partial charge is 0.333 e. The molecule has 1 atom stereocenters. The molecule has 0 saturated carbocycles. The number of carbonyl (C=O) groups is 1. The van der Waals surface area contributed by atoms with Gasteiger partial charge in [-0.25, -0.2) is 0 Å². The second-order valence-corrected chi connectivity index (χ2v) is 3.08. The summed E-state index contributed by atoms with van der Waals surface area (Å²) >= 11 is 0. The van der Waals surface area contributed by atoms with E-state index in [1.54, 1.807) is 19.2 Å². The van der Waals surface area contributed by atoms with E-state index in [-0.39, 0.29) is 12.1 Å². The van der Waals surface area contributed by atoms with Crippen molar-refractivity contribution < 1.29 is 4.79 Å². The van der Waals surface area contributed by atoms with Gasteiger partial charge in [-0.15, -0.1) is 0 Å². The van der Waals surface area contributed by atoms with E-state index in [1.807, 2.05) is 12.1 Å².